The van der Waals surface area contributed by atoms with Gasteiger partial charge in [-0.05, 0) is 0 Å². The molecule has 0 fully saturated rings. The van der Waals surface area contributed by atoms with Crippen molar-refractivity contribution >= 4 is 5.97 Å². The minimum atomic E-state index is -0.329. The van der Waals surface area contributed by atoms with Crippen molar-refractivity contribution in [2.45, 2.75) is 6.92 Å². The van der Waals surface area contributed by atoms with Gasteiger partial charge in [0.2, 0.25) is 0 Å². The van der Waals surface area contributed by atoms with Crippen molar-refractivity contribution in [3.05, 3.63) is 12.8 Å². The largest absolute Gasteiger partial charge is 0.435 e. The zero-order chi connectivity index (χ0) is 4.99. The van der Waals surface area contributed by atoms with Crippen LogP contribution >= 0.6 is 0 Å². The van der Waals surface area contributed by atoms with E-state index in [-0.39, 0.29) is 5.97 Å². The van der Waals surface area contributed by atoms with Crippen LogP contribution in [0.3, 0.4) is 0 Å². The fraction of sp³-hybridized carbons (Fsp3) is 0.250. The van der Waals surface area contributed by atoms with E-state index in [0.717, 1.165) is 6.26 Å². The predicted octanol–water partition coefficient (Wildman–Crippen LogP) is 0.693. The summed E-state index contributed by atoms with van der Waals surface area (Å²) in [5, 5.41) is 0. The molecule has 2 heteroatoms. The number of hydrogen-bond acceptors (Lipinski definition) is 2. The van der Waals surface area contributed by atoms with Gasteiger partial charge < -0.3 is 4.74 Å². The average Bonchev–Trinajstić information content (AvgIpc) is 1.35. The maximum absolute atomic E-state index is 9.75. The number of carbonyl (C=O) groups excluding carboxylic acids is 1. The lowest BCUT2D eigenvalue weighted by Crippen LogP contribution is -1.87. The van der Waals surface area contributed by atoms with Gasteiger partial charge in [-0.2, -0.15) is 0 Å². The maximum Gasteiger partial charge on any atom is 0.307 e. The molecule has 0 radical (unpaired) electrons. The smallest absolute Gasteiger partial charge is 0.307 e. The number of rotatable bonds is 1. The Morgan fingerprint density at radius 3 is 2.50 bits per heavy atom. The third-order valence-corrected chi connectivity index (χ3v) is 0.249. The quantitative estimate of drug-likeness (QED) is 0.268. The Morgan fingerprint density at radius 2 is 2.50 bits per heavy atom. The Bertz CT molecular complexity index is 65.9. The van der Waals surface area contributed by atoms with Crippen LogP contribution in [0.2, 0.25) is 0 Å². The molecule has 0 atom stereocenters. The van der Waals surface area contributed by atoms with E-state index in [9.17, 15) is 4.79 Å². The summed E-state index contributed by atoms with van der Waals surface area (Å²) in [7, 11) is 0. The average molecular weight is 88.1 g/mol. The lowest BCUT2D eigenvalue weighted by molar-refractivity contribution is -0.135. The molecule has 0 bridgehead atoms. The van der Waals surface area contributed by atoms with E-state index < -0.39 is 0 Å². The van der Waals surface area contributed by atoms with Crippen LogP contribution in [0.5, 0.6) is 0 Å². The van der Waals surface area contributed by atoms with Crippen molar-refractivity contribution in [2.24, 2.45) is 0 Å². The summed E-state index contributed by atoms with van der Waals surface area (Å²) in [6, 6.07) is 0. The molecule has 0 unspecified atom stereocenters. The summed E-state index contributed by atoms with van der Waals surface area (Å²) < 4.78 is 4.17. The van der Waals surface area contributed by atoms with Gasteiger partial charge in [0, 0.05) is 6.92 Å². The lowest BCUT2D eigenvalue weighted by atomic mass is 10.8. The van der Waals surface area contributed by atoms with Gasteiger partial charge in [-0.25, -0.2) is 0 Å². The van der Waals surface area contributed by atoms with Crippen LogP contribution in [0, 0.1) is 0 Å². The zero-order valence-electron chi connectivity index (χ0n) is 3.60. The van der Waals surface area contributed by atoms with Crippen molar-refractivity contribution in [3.63, 3.8) is 0 Å². The van der Waals surface area contributed by atoms with Crippen LogP contribution in [-0.2, 0) is 9.53 Å². The summed E-state index contributed by atoms with van der Waals surface area (Å²) in [6.45, 7) is 4.48. The van der Waals surface area contributed by atoms with Crippen molar-refractivity contribution < 1.29 is 9.53 Å². The van der Waals surface area contributed by atoms with Crippen LogP contribution < -0.4 is 0 Å². The van der Waals surface area contributed by atoms with Gasteiger partial charge in [0.05, 0.1) is 6.26 Å². The van der Waals surface area contributed by atoms with Crippen LogP contribution in [0.1, 0.15) is 6.92 Å². The fourth-order valence-corrected chi connectivity index (χ4v) is 0.117. The standard InChI is InChI=1S/C4H6O2/c1-3-6-4(2)5/h3H,1H2,2H3/i1+1,3+1. The van der Waals surface area contributed by atoms with Gasteiger partial charge in [-0.15, -0.1) is 0 Å². The number of hydrogen-bond donors (Lipinski definition) is 0. The SMILES string of the molecule is CC(=O)O[13CH]=[13CH2]. The maximum atomic E-state index is 9.75. The molecule has 0 aliphatic carbocycles. The fourth-order valence-electron chi connectivity index (χ4n) is 0.117. The first kappa shape index (κ1) is 5.21. The highest BCUT2D eigenvalue weighted by molar-refractivity contribution is 5.66. The van der Waals surface area contributed by atoms with Crippen LogP contribution in [-0.4, -0.2) is 5.97 Å². The highest BCUT2D eigenvalue weighted by Gasteiger charge is 1.79. The van der Waals surface area contributed by atoms with E-state index in [0.29, 0.717) is 0 Å². The van der Waals surface area contributed by atoms with Gasteiger partial charge >= 0.3 is 5.97 Å². The van der Waals surface area contributed by atoms with Crippen molar-refractivity contribution in [1.29, 1.82) is 0 Å². The summed E-state index contributed by atoms with van der Waals surface area (Å²) in [5.74, 6) is -0.329. The van der Waals surface area contributed by atoms with E-state index in [1.165, 1.54) is 6.92 Å². The Morgan fingerprint density at radius 1 is 2.00 bits per heavy atom. The Hall–Kier alpha value is -0.790. The van der Waals surface area contributed by atoms with Crippen molar-refractivity contribution in [2.75, 3.05) is 0 Å². The molecule has 34 valence electrons. The molecule has 0 aromatic heterocycles. The molecular weight excluding hydrogens is 82.0 g/mol. The summed E-state index contributed by atoms with van der Waals surface area (Å²) >= 11 is 0. The molecule has 0 amide bonds. The second kappa shape index (κ2) is 2.45. The summed E-state index contributed by atoms with van der Waals surface area (Å²) in [6.07, 6.45) is 1.10. The first-order valence-electron chi connectivity index (χ1n) is 1.55. The van der Waals surface area contributed by atoms with Gasteiger partial charge in [-0.3, -0.25) is 4.79 Å². The van der Waals surface area contributed by atoms with Crippen LogP contribution in [0.25, 0.3) is 0 Å². The van der Waals surface area contributed by atoms with Gasteiger partial charge in [0.1, 0.15) is 0 Å². The third kappa shape index (κ3) is 3.21. The van der Waals surface area contributed by atoms with E-state index in [1.807, 2.05) is 0 Å². The predicted molar refractivity (Wildman–Crippen MR) is 22.0 cm³/mol. The third-order valence-electron chi connectivity index (χ3n) is 0.249. The summed E-state index contributed by atoms with van der Waals surface area (Å²) in [4.78, 5) is 9.75. The van der Waals surface area contributed by atoms with Gasteiger partial charge in [-0.1, -0.05) is 6.58 Å². The van der Waals surface area contributed by atoms with E-state index in [1.54, 1.807) is 0 Å². The summed E-state index contributed by atoms with van der Waals surface area (Å²) in [5.41, 5.74) is 0. The number of esters is 1. The van der Waals surface area contributed by atoms with E-state index >= 15 is 0 Å². The number of ether oxygens (including phenoxy) is 1. The first-order valence-corrected chi connectivity index (χ1v) is 1.55. The molecule has 0 aliphatic rings. The number of carbonyl (C=O) groups is 1. The van der Waals surface area contributed by atoms with Crippen molar-refractivity contribution in [1.82, 2.24) is 0 Å². The van der Waals surface area contributed by atoms with Crippen molar-refractivity contribution in [3.8, 4) is 0 Å². The zero-order valence-corrected chi connectivity index (χ0v) is 3.60. The Balaban J connectivity index is 3.05. The Kier molecular flexibility index (Phi) is 2.13. The van der Waals surface area contributed by atoms with Gasteiger partial charge in [0.25, 0.3) is 0 Å². The van der Waals surface area contributed by atoms with Crippen LogP contribution in [0.4, 0.5) is 0 Å². The topological polar surface area (TPSA) is 26.3 Å². The van der Waals surface area contributed by atoms with Gasteiger partial charge in [0.15, 0.2) is 0 Å². The molecule has 0 saturated heterocycles. The Labute approximate surface area is 36.4 Å². The molecule has 0 aliphatic heterocycles. The lowest BCUT2D eigenvalue weighted by Gasteiger charge is -1.83. The molecule has 2 nitrogen and oxygen atoms in total. The molecular formula is C4H6O2. The molecule has 6 heavy (non-hydrogen) atoms. The molecule has 0 saturated carbocycles. The highest BCUT2D eigenvalue weighted by Crippen LogP contribution is 1.70. The molecule has 0 rings (SSSR count). The normalized spacial score (nSPS) is 6.83. The van der Waals surface area contributed by atoms with E-state index in [2.05, 4.69) is 11.3 Å². The minimum Gasteiger partial charge on any atom is -0.435 e. The molecule has 0 N–H and O–H groups in total. The second-order valence-corrected chi connectivity index (χ2v) is 0.776. The van der Waals surface area contributed by atoms with Crippen LogP contribution in [0.15, 0.2) is 12.8 Å². The molecule has 0 aromatic rings. The minimum absolute atomic E-state index is 0.329. The highest BCUT2D eigenvalue weighted by atomic mass is 16.6. The monoisotopic (exact) mass is 88.0 g/mol. The molecule has 0 heterocycles. The van der Waals surface area contributed by atoms with E-state index in [4.69, 9.17) is 0 Å². The second-order valence-electron chi connectivity index (χ2n) is 0.776. The molecule has 0 aromatic carbocycles. The first-order chi connectivity index (χ1) is 2.77. The molecule has 0 spiro atoms.